The van der Waals surface area contributed by atoms with Crippen molar-refractivity contribution in [2.45, 2.75) is 65.8 Å². The first-order valence-electron chi connectivity index (χ1n) is 10.3. The van der Waals surface area contributed by atoms with Crippen molar-refractivity contribution in [3.05, 3.63) is 34.6 Å². The molecule has 1 heterocycles. The normalized spacial score (nSPS) is 14.7. The molecule has 0 aliphatic carbocycles. The van der Waals surface area contributed by atoms with E-state index in [0.717, 1.165) is 24.0 Å². The number of ether oxygens (including phenoxy) is 3. The van der Waals surface area contributed by atoms with E-state index in [0.29, 0.717) is 29.7 Å². The van der Waals surface area contributed by atoms with Gasteiger partial charge in [-0.2, -0.15) is 0 Å². The van der Waals surface area contributed by atoms with Gasteiger partial charge >= 0.3 is 6.16 Å². The van der Waals surface area contributed by atoms with Crippen molar-refractivity contribution < 1.29 is 28.9 Å². The zero-order valence-corrected chi connectivity index (χ0v) is 19.2. The molecule has 1 aromatic carbocycles. The number of benzene rings is 1. The minimum Gasteiger partial charge on any atom is -0.508 e. The molecular weight excluding hydrogens is 386 g/mol. The minimum absolute atomic E-state index is 0.133. The number of aromatic hydroxyl groups is 1. The molecule has 1 aliphatic heterocycles. The van der Waals surface area contributed by atoms with Crippen molar-refractivity contribution in [1.82, 2.24) is 5.32 Å². The molecule has 7 nitrogen and oxygen atoms in total. The number of hydrogen-bond donors (Lipinski definition) is 2. The Balaban J connectivity index is 0.00000141. The average molecular weight is 422 g/mol. The number of rotatable bonds is 7. The topological polar surface area (TPSA) is 94.1 Å². The third-order valence-corrected chi connectivity index (χ3v) is 4.81. The second-order valence-corrected chi connectivity index (χ2v) is 7.39. The van der Waals surface area contributed by atoms with Crippen molar-refractivity contribution in [2.75, 3.05) is 20.8 Å². The Morgan fingerprint density at radius 1 is 1.07 bits per heavy atom. The summed E-state index contributed by atoms with van der Waals surface area (Å²) in [6, 6.07) is 3.20. The predicted octanol–water partition coefficient (Wildman–Crippen LogP) is 4.62. The van der Waals surface area contributed by atoms with E-state index in [-0.39, 0.29) is 18.3 Å². The van der Waals surface area contributed by atoms with Crippen molar-refractivity contribution in [2.24, 2.45) is 0 Å². The minimum atomic E-state index is -0.813. The smallest absolute Gasteiger partial charge is 0.508 e. The Labute approximate surface area is 179 Å². The fourth-order valence-electron chi connectivity index (χ4n) is 3.95. The van der Waals surface area contributed by atoms with Crippen LogP contribution in [0.25, 0.3) is 5.57 Å². The van der Waals surface area contributed by atoms with Crippen LogP contribution < -0.4 is 5.32 Å². The highest BCUT2D eigenvalue weighted by Gasteiger charge is 2.47. The maximum absolute atomic E-state index is 13.0. The van der Waals surface area contributed by atoms with E-state index >= 15 is 0 Å². The van der Waals surface area contributed by atoms with Crippen LogP contribution in [0.4, 0.5) is 4.79 Å². The predicted molar refractivity (Wildman–Crippen MR) is 116 cm³/mol. The van der Waals surface area contributed by atoms with Crippen LogP contribution in [0, 0.1) is 13.8 Å². The van der Waals surface area contributed by atoms with E-state index in [9.17, 15) is 14.7 Å². The molecule has 1 aliphatic rings. The number of hydrogen-bond acceptors (Lipinski definition) is 6. The maximum Gasteiger partial charge on any atom is 0.513 e. The third-order valence-electron chi connectivity index (χ3n) is 4.81. The molecule has 0 saturated heterocycles. The summed E-state index contributed by atoms with van der Waals surface area (Å²) in [5.41, 5.74) is 1.77. The number of methoxy groups -OCH3 is 1. The van der Waals surface area contributed by atoms with Crippen molar-refractivity contribution in [3.63, 3.8) is 0 Å². The van der Waals surface area contributed by atoms with E-state index in [1.165, 1.54) is 0 Å². The fourth-order valence-corrected chi connectivity index (χ4v) is 3.95. The molecule has 0 spiro atoms. The highest BCUT2D eigenvalue weighted by atomic mass is 16.7. The molecule has 0 bridgehead atoms. The van der Waals surface area contributed by atoms with E-state index in [2.05, 4.69) is 10.1 Å². The molecule has 0 unspecified atom stereocenters. The van der Waals surface area contributed by atoms with E-state index in [1.54, 1.807) is 33.3 Å². The highest BCUT2D eigenvalue weighted by Crippen LogP contribution is 2.42. The summed E-state index contributed by atoms with van der Waals surface area (Å²) in [7, 11) is 3.25. The Morgan fingerprint density at radius 3 is 2.00 bits per heavy atom. The monoisotopic (exact) mass is 421 g/mol. The molecule has 168 valence electrons. The van der Waals surface area contributed by atoms with Gasteiger partial charge in [-0.3, -0.25) is 4.79 Å². The van der Waals surface area contributed by atoms with Crippen LogP contribution in [0.15, 0.2) is 17.9 Å². The fraction of sp³-hybridized carbons (Fsp3) is 0.565. The van der Waals surface area contributed by atoms with Crippen LogP contribution in [0.1, 0.15) is 63.1 Å². The van der Waals surface area contributed by atoms with Crippen LogP contribution in [0.3, 0.4) is 0 Å². The second-order valence-electron chi connectivity index (χ2n) is 7.39. The number of phenolic OH excluding ortho intramolecular Hbond substituents is 1. The molecule has 30 heavy (non-hydrogen) atoms. The summed E-state index contributed by atoms with van der Waals surface area (Å²) in [6.07, 6.45) is 2.13. The van der Waals surface area contributed by atoms with Crippen LogP contribution in [-0.4, -0.2) is 43.5 Å². The van der Waals surface area contributed by atoms with Gasteiger partial charge in [-0.15, -0.1) is 0 Å². The van der Waals surface area contributed by atoms with Crippen molar-refractivity contribution in [1.29, 1.82) is 0 Å². The highest BCUT2D eigenvalue weighted by molar-refractivity contribution is 6.24. The lowest BCUT2D eigenvalue weighted by atomic mass is 9.85. The molecular formula is C23H35NO6. The van der Waals surface area contributed by atoms with Gasteiger partial charge in [0.25, 0.3) is 5.91 Å². The Kier molecular flexibility index (Phi) is 9.85. The van der Waals surface area contributed by atoms with E-state index in [4.69, 9.17) is 9.47 Å². The molecule has 2 rings (SSSR count). The number of carbonyl (C=O) groups is 2. The third kappa shape index (κ3) is 5.75. The lowest BCUT2D eigenvalue weighted by molar-refractivity contribution is -0.116. The van der Waals surface area contributed by atoms with Gasteiger partial charge in [-0.1, -0.05) is 26.7 Å². The van der Waals surface area contributed by atoms with Crippen molar-refractivity contribution >= 4 is 17.6 Å². The van der Waals surface area contributed by atoms with Crippen molar-refractivity contribution in [3.8, 4) is 5.75 Å². The van der Waals surface area contributed by atoms with Crippen LogP contribution in [0.2, 0.25) is 0 Å². The summed E-state index contributed by atoms with van der Waals surface area (Å²) in [5, 5.41) is 12.9. The number of amides is 1. The standard InChI is InChI=1S/C21H29NO5.C2H6O/c1-6-9-21(10-7-2)18(27-20(25)26-8-3)17(19(24)22-21)16-13(4)11-15(23)12-14(16)5;1-3-2/h11-12,23H,6-10H2,1-5H3,(H,22,24);1-2H3. The van der Waals surface area contributed by atoms with Gasteiger partial charge in [0.2, 0.25) is 0 Å². The molecule has 0 saturated carbocycles. The first kappa shape index (κ1) is 25.5. The average Bonchev–Trinajstić information content (AvgIpc) is 2.88. The maximum atomic E-state index is 13.0. The van der Waals surface area contributed by atoms with Gasteiger partial charge in [0.05, 0.1) is 17.7 Å². The van der Waals surface area contributed by atoms with E-state index in [1.807, 2.05) is 27.7 Å². The van der Waals surface area contributed by atoms with Crippen LogP contribution in [-0.2, 0) is 19.0 Å². The van der Waals surface area contributed by atoms with Gasteiger partial charge in [0.1, 0.15) is 11.5 Å². The summed E-state index contributed by atoms with van der Waals surface area (Å²) in [5.74, 6) is 0.189. The van der Waals surface area contributed by atoms with Crippen LogP contribution in [0.5, 0.6) is 5.75 Å². The van der Waals surface area contributed by atoms with E-state index < -0.39 is 11.7 Å². The molecule has 7 heteroatoms. The number of aryl methyl sites for hydroxylation is 2. The quantitative estimate of drug-likeness (QED) is 0.624. The molecule has 1 amide bonds. The largest absolute Gasteiger partial charge is 0.513 e. The SMILES string of the molecule is CCCC1(CCC)NC(=O)C(c2c(C)cc(O)cc2C)=C1OC(=O)OCC.COC. The van der Waals surface area contributed by atoms with Gasteiger partial charge in [-0.05, 0) is 62.4 Å². The molecule has 0 fully saturated rings. The summed E-state index contributed by atoms with van der Waals surface area (Å²) < 4.78 is 14.9. The zero-order valence-electron chi connectivity index (χ0n) is 19.2. The lowest BCUT2D eigenvalue weighted by Gasteiger charge is -2.31. The first-order chi connectivity index (χ1) is 14.2. The molecule has 1 aromatic rings. The number of nitrogens with one attached hydrogen (secondary N) is 1. The molecule has 0 atom stereocenters. The molecule has 0 radical (unpaired) electrons. The van der Waals surface area contributed by atoms with Gasteiger partial charge < -0.3 is 24.6 Å². The Hall–Kier alpha value is -2.54. The molecule has 0 aromatic heterocycles. The summed E-state index contributed by atoms with van der Waals surface area (Å²) in [4.78, 5) is 25.2. The summed E-state index contributed by atoms with van der Waals surface area (Å²) in [6.45, 7) is 9.60. The number of phenols is 1. The Morgan fingerprint density at radius 2 is 1.57 bits per heavy atom. The van der Waals surface area contributed by atoms with Gasteiger partial charge in [0, 0.05) is 14.2 Å². The summed E-state index contributed by atoms with van der Waals surface area (Å²) >= 11 is 0. The lowest BCUT2D eigenvalue weighted by Crippen LogP contribution is -2.45. The Bertz CT molecular complexity index is 755. The number of carbonyl (C=O) groups excluding carboxylic acids is 2. The zero-order chi connectivity index (χ0) is 22.9. The van der Waals surface area contributed by atoms with Gasteiger partial charge in [0.15, 0.2) is 0 Å². The second kappa shape index (κ2) is 11.6. The van der Waals surface area contributed by atoms with Gasteiger partial charge in [-0.25, -0.2) is 4.79 Å². The molecule has 2 N–H and O–H groups in total. The van der Waals surface area contributed by atoms with Crippen LogP contribution >= 0.6 is 0 Å². The first-order valence-corrected chi connectivity index (χ1v) is 10.3.